The molecule has 9 heteroatoms. The van der Waals surface area contributed by atoms with Crippen LogP contribution in [0.25, 0.3) is 11.1 Å². The number of carboxylic acid groups (broad SMARTS) is 1. The van der Waals surface area contributed by atoms with Crippen molar-refractivity contribution in [2.45, 2.75) is 25.4 Å². The van der Waals surface area contributed by atoms with Gasteiger partial charge in [-0.1, -0.05) is 66.7 Å². The van der Waals surface area contributed by atoms with Crippen LogP contribution in [0.5, 0.6) is 0 Å². The first-order valence-corrected chi connectivity index (χ1v) is 12.6. The number of rotatable bonds is 12. The van der Waals surface area contributed by atoms with Crippen molar-refractivity contribution in [1.82, 2.24) is 15.3 Å². The molecule has 1 heterocycles. The van der Waals surface area contributed by atoms with Crippen LogP contribution in [-0.4, -0.2) is 36.4 Å². The van der Waals surface area contributed by atoms with Crippen LogP contribution in [0.15, 0.2) is 91.4 Å². The fourth-order valence-corrected chi connectivity index (χ4v) is 4.75. The SMILES string of the molecule is O=C(O)CC(c1ccccc1)N(c1cccc(-c2ccc(CNCCc3cnc[nH]3)cc2)c1)S(=O)[O-]. The van der Waals surface area contributed by atoms with E-state index in [2.05, 4.69) is 15.3 Å². The molecule has 8 nitrogen and oxygen atoms in total. The Bertz CT molecular complexity index is 1280. The third-order valence-electron chi connectivity index (χ3n) is 5.84. The van der Waals surface area contributed by atoms with E-state index >= 15 is 0 Å². The summed E-state index contributed by atoms with van der Waals surface area (Å²) in [6.45, 7) is 1.55. The average molecular weight is 504 g/mol. The lowest BCUT2D eigenvalue weighted by Gasteiger charge is -2.34. The van der Waals surface area contributed by atoms with E-state index in [1.54, 1.807) is 54.9 Å². The standard InChI is InChI=1S/C27H28N4O4S/c32-27(33)16-26(22-5-2-1-3-6-22)31(36(34)35)25-8-4-7-23(15-25)21-11-9-20(10-12-21)17-28-14-13-24-18-29-19-30-24/h1-12,15,18-19,26,28H,13-14,16-17H2,(H,29,30)(H,32,33)(H,34,35)/p-1. The molecule has 2 atom stereocenters. The molecule has 0 aliphatic carbocycles. The van der Waals surface area contributed by atoms with E-state index in [1.807, 2.05) is 36.5 Å². The smallest absolute Gasteiger partial charge is 0.305 e. The number of carboxylic acids is 1. The number of H-pyrrole nitrogens is 1. The van der Waals surface area contributed by atoms with Gasteiger partial charge in [0.1, 0.15) is 0 Å². The average Bonchev–Trinajstić information content (AvgIpc) is 3.41. The summed E-state index contributed by atoms with van der Waals surface area (Å²) in [5, 5.41) is 12.9. The zero-order valence-electron chi connectivity index (χ0n) is 19.5. The number of hydrogen-bond donors (Lipinski definition) is 3. The summed E-state index contributed by atoms with van der Waals surface area (Å²) in [6.07, 6.45) is 4.00. The summed E-state index contributed by atoms with van der Waals surface area (Å²) in [5.74, 6) is -1.08. The van der Waals surface area contributed by atoms with Gasteiger partial charge in [-0.15, -0.1) is 0 Å². The Morgan fingerprint density at radius 1 is 1.06 bits per heavy atom. The van der Waals surface area contributed by atoms with Gasteiger partial charge in [-0.25, -0.2) is 4.98 Å². The van der Waals surface area contributed by atoms with Crippen molar-refractivity contribution in [3.8, 4) is 11.1 Å². The first-order chi connectivity index (χ1) is 17.5. The van der Waals surface area contributed by atoms with Crippen molar-refractivity contribution >= 4 is 22.9 Å². The molecule has 2 unspecified atom stereocenters. The van der Waals surface area contributed by atoms with Crippen LogP contribution in [0.4, 0.5) is 5.69 Å². The molecule has 4 aromatic rings. The first-order valence-electron chi connectivity index (χ1n) is 11.5. The highest BCUT2D eigenvalue weighted by molar-refractivity contribution is 7.80. The fourth-order valence-electron chi connectivity index (χ4n) is 4.06. The topological polar surface area (TPSA) is 121 Å². The molecule has 0 saturated heterocycles. The third kappa shape index (κ3) is 6.66. The number of anilines is 1. The van der Waals surface area contributed by atoms with E-state index in [4.69, 9.17) is 0 Å². The number of aromatic nitrogens is 2. The van der Waals surface area contributed by atoms with E-state index in [-0.39, 0.29) is 6.42 Å². The van der Waals surface area contributed by atoms with E-state index in [0.29, 0.717) is 11.3 Å². The van der Waals surface area contributed by atoms with E-state index in [1.165, 1.54) is 0 Å². The molecule has 3 aromatic carbocycles. The van der Waals surface area contributed by atoms with Crippen LogP contribution in [0, 0.1) is 0 Å². The molecule has 0 radical (unpaired) electrons. The second-order valence-corrected chi connectivity index (χ2v) is 9.15. The number of aromatic amines is 1. The number of nitrogens with zero attached hydrogens (tertiary/aromatic N) is 2. The molecule has 0 amide bonds. The molecule has 4 rings (SSSR count). The van der Waals surface area contributed by atoms with Gasteiger partial charge in [0.25, 0.3) is 0 Å². The predicted molar refractivity (Wildman–Crippen MR) is 139 cm³/mol. The summed E-state index contributed by atoms with van der Waals surface area (Å²) in [7, 11) is 0. The molecule has 0 aliphatic rings. The Balaban J connectivity index is 1.50. The molecular formula is C27H27N4O4S-. The van der Waals surface area contributed by atoms with Crippen molar-refractivity contribution in [3.05, 3.63) is 108 Å². The van der Waals surface area contributed by atoms with Crippen LogP contribution < -0.4 is 9.62 Å². The monoisotopic (exact) mass is 503 g/mol. The summed E-state index contributed by atoms with van der Waals surface area (Å²) in [6, 6.07) is 23.1. The van der Waals surface area contributed by atoms with Crippen LogP contribution in [0.1, 0.15) is 29.3 Å². The molecule has 0 spiro atoms. The maximum atomic E-state index is 12.3. The van der Waals surface area contributed by atoms with Gasteiger partial charge in [-0.3, -0.25) is 13.3 Å². The van der Waals surface area contributed by atoms with Crippen molar-refractivity contribution in [2.75, 3.05) is 10.8 Å². The summed E-state index contributed by atoms with van der Waals surface area (Å²) < 4.78 is 25.7. The molecule has 3 N–H and O–H groups in total. The van der Waals surface area contributed by atoms with E-state index in [0.717, 1.165) is 46.2 Å². The van der Waals surface area contributed by atoms with E-state index in [9.17, 15) is 18.7 Å². The largest absolute Gasteiger partial charge is 0.755 e. The quantitative estimate of drug-likeness (QED) is 0.197. The number of hydrogen-bond acceptors (Lipinski definition) is 5. The molecule has 0 bridgehead atoms. The minimum atomic E-state index is -2.68. The summed E-state index contributed by atoms with van der Waals surface area (Å²) >= 11 is -2.68. The zero-order valence-corrected chi connectivity index (χ0v) is 20.4. The Labute approximate surface area is 212 Å². The van der Waals surface area contributed by atoms with Gasteiger partial charge in [0, 0.05) is 48.4 Å². The Morgan fingerprint density at radius 3 is 2.50 bits per heavy atom. The van der Waals surface area contributed by atoms with Crippen LogP contribution in [0.3, 0.4) is 0 Å². The summed E-state index contributed by atoms with van der Waals surface area (Å²) in [4.78, 5) is 18.7. The maximum absolute atomic E-state index is 12.3. The molecule has 0 aliphatic heterocycles. The molecule has 0 saturated carbocycles. The molecule has 36 heavy (non-hydrogen) atoms. The molecular weight excluding hydrogens is 476 g/mol. The number of nitrogens with one attached hydrogen (secondary N) is 2. The van der Waals surface area contributed by atoms with Crippen LogP contribution >= 0.6 is 0 Å². The molecule has 0 fully saturated rings. The maximum Gasteiger partial charge on any atom is 0.305 e. The highest BCUT2D eigenvalue weighted by atomic mass is 32.2. The van der Waals surface area contributed by atoms with Crippen LogP contribution in [-0.2, 0) is 29.0 Å². The highest BCUT2D eigenvalue weighted by Gasteiger charge is 2.25. The van der Waals surface area contributed by atoms with Crippen molar-refractivity contribution in [1.29, 1.82) is 0 Å². The van der Waals surface area contributed by atoms with Gasteiger partial charge in [0.15, 0.2) is 0 Å². The highest BCUT2D eigenvalue weighted by Crippen LogP contribution is 2.33. The van der Waals surface area contributed by atoms with Crippen LogP contribution in [0.2, 0.25) is 0 Å². The Kier molecular flexibility index (Phi) is 8.62. The van der Waals surface area contributed by atoms with Crippen molar-refractivity contribution in [3.63, 3.8) is 0 Å². The first kappa shape index (κ1) is 25.3. The van der Waals surface area contributed by atoms with Gasteiger partial charge >= 0.3 is 5.97 Å². The molecule has 1 aromatic heterocycles. The predicted octanol–water partition coefficient (Wildman–Crippen LogP) is 4.23. The fraction of sp³-hybridized carbons (Fsp3) is 0.185. The van der Waals surface area contributed by atoms with Crippen molar-refractivity contribution < 1.29 is 18.7 Å². The lowest BCUT2D eigenvalue weighted by molar-refractivity contribution is -0.137. The van der Waals surface area contributed by atoms with Gasteiger partial charge in [-0.2, -0.15) is 0 Å². The Hall–Kier alpha value is -3.79. The number of aliphatic carboxylic acids is 1. The minimum Gasteiger partial charge on any atom is -0.755 e. The normalized spacial score (nSPS) is 12.7. The van der Waals surface area contributed by atoms with Gasteiger partial charge in [0.2, 0.25) is 0 Å². The lowest BCUT2D eigenvalue weighted by Crippen LogP contribution is -2.32. The van der Waals surface area contributed by atoms with Crippen molar-refractivity contribution in [2.24, 2.45) is 0 Å². The molecule has 186 valence electrons. The van der Waals surface area contributed by atoms with E-state index < -0.39 is 23.3 Å². The number of imidazole rings is 1. The Morgan fingerprint density at radius 2 is 1.83 bits per heavy atom. The third-order valence-corrected chi connectivity index (χ3v) is 6.63. The number of benzene rings is 3. The number of carbonyl (C=O) groups is 1. The van der Waals surface area contributed by atoms with Gasteiger partial charge in [-0.05, 0) is 34.4 Å². The van der Waals surface area contributed by atoms with Gasteiger partial charge in [0.05, 0.1) is 18.8 Å². The van der Waals surface area contributed by atoms with Gasteiger partial charge < -0.3 is 20.0 Å². The second-order valence-electron chi connectivity index (χ2n) is 8.32. The zero-order chi connectivity index (χ0) is 25.3. The minimum absolute atomic E-state index is 0.357. The summed E-state index contributed by atoms with van der Waals surface area (Å²) in [5.41, 5.74) is 5.00. The second kappa shape index (κ2) is 12.3. The lowest BCUT2D eigenvalue weighted by atomic mass is 10.0.